The standard InChI is InChI=1S/C23H21N5O2/c1-14(28-22(30)18-9-5-3-7-16(18)13-24-28)20-12-21(29)27-23(26-20)25-19-11-10-15-6-2-4-8-17(15)19/h2-9,12-14,19H,10-11H2,1H3,(H2,25,26,27,29)/t14-,19+/m0/s1. The number of rotatable bonds is 4. The SMILES string of the molecule is C[C@@H](c1cc(=O)[nH]c(N[C@@H]2CCc3ccccc32)n1)n1ncc2ccccc2c1=O. The average molecular weight is 399 g/mol. The largest absolute Gasteiger partial charge is 0.349 e. The van der Waals surface area contributed by atoms with Crippen LogP contribution in [0.3, 0.4) is 0 Å². The van der Waals surface area contributed by atoms with Gasteiger partial charge in [-0.2, -0.15) is 5.10 Å². The first-order valence-electron chi connectivity index (χ1n) is 10.0. The van der Waals surface area contributed by atoms with Gasteiger partial charge in [-0.25, -0.2) is 9.67 Å². The van der Waals surface area contributed by atoms with Crippen LogP contribution in [0.15, 0.2) is 70.4 Å². The summed E-state index contributed by atoms with van der Waals surface area (Å²) in [7, 11) is 0. The van der Waals surface area contributed by atoms with E-state index in [1.807, 2.05) is 37.3 Å². The quantitative estimate of drug-likeness (QED) is 0.550. The van der Waals surface area contributed by atoms with Gasteiger partial charge in [-0.1, -0.05) is 42.5 Å². The molecule has 0 saturated heterocycles. The third kappa shape index (κ3) is 3.18. The molecule has 0 aliphatic heterocycles. The molecule has 5 rings (SSSR count). The fourth-order valence-corrected chi connectivity index (χ4v) is 4.14. The minimum absolute atomic E-state index is 0.0939. The molecule has 150 valence electrons. The Hall–Kier alpha value is -3.74. The second kappa shape index (κ2) is 7.26. The molecule has 2 aromatic carbocycles. The highest BCUT2D eigenvalue weighted by molar-refractivity contribution is 5.80. The third-order valence-corrected chi connectivity index (χ3v) is 5.72. The van der Waals surface area contributed by atoms with Gasteiger partial charge in [-0.05, 0) is 37.0 Å². The van der Waals surface area contributed by atoms with Crippen LogP contribution in [0, 0.1) is 0 Å². The molecule has 2 atom stereocenters. The predicted octanol–water partition coefficient (Wildman–Crippen LogP) is 3.19. The van der Waals surface area contributed by atoms with E-state index in [-0.39, 0.29) is 17.2 Å². The number of nitrogens with one attached hydrogen (secondary N) is 2. The summed E-state index contributed by atoms with van der Waals surface area (Å²) in [5.41, 5.74) is 2.55. The van der Waals surface area contributed by atoms with Gasteiger partial charge in [0.15, 0.2) is 0 Å². The maximum absolute atomic E-state index is 12.9. The number of benzene rings is 2. The summed E-state index contributed by atoms with van der Waals surface area (Å²) in [6, 6.07) is 16.6. The fraction of sp³-hybridized carbons (Fsp3) is 0.217. The van der Waals surface area contributed by atoms with Crippen molar-refractivity contribution in [1.29, 1.82) is 0 Å². The van der Waals surface area contributed by atoms with Gasteiger partial charge in [0.1, 0.15) is 0 Å². The molecule has 2 heterocycles. The van der Waals surface area contributed by atoms with E-state index in [0.29, 0.717) is 17.0 Å². The van der Waals surface area contributed by atoms with Gasteiger partial charge >= 0.3 is 0 Å². The Kier molecular flexibility index (Phi) is 4.43. The van der Waals surface area contributed by atoms with Gasteiger partial charge in [0.25, 0.3) is 11.1 Å². The number of hydrogen-bond acceptors (Lipinski definition) is 5. The van der Waals surface area contributed by atoms with E-state index in [9.17, 15) is 9.59 Å². The van der Waals surface area contributed by atoms with E-state index in [1.165, 1.54) is 21.9 Å². The van der Waals surface area contributed by atoms with Crippen LogP contribution in [0.4, 0.5) is 5.95 Å². The second-order valence-electron chi connectivity index (χ2n) is 7.61. The second-order valence-corrected chi connectivity index (χ2v) is 7.61. The van der Waals surface area contributed by atoms with Crippen molar-refractivity contribution in [1.82, 2.24) is 19.7 Å². The van der Waals surface area contributed by atoms with E-state index < -0.39 is 6.04 Å². The first-order valence-corrected chi connectivity index (χ1v) is 10.0. The van der Waals surface area contributed by atoms with E-state index in [1.54, 1.807) is 12.3 Å². The number of H-pyrrole nitrogens is 1. The molecule has 0 radical (unpaired) electrons. The Morgan fingerprint density at radius 1 is 1.13 bits per heavy atom. The molecule has 2 aromatic heterocycles. The number of hydrogen-bond donors (Lipinski definition) is 2. The molecule has 0 unspecified atom stereocenters. The van der Waals surface area contributed by atoms with Gasteiger partial charge < -0.3 is 5.32 Å². The summed E-state index contributed by atoms with van der Waals surface area (Å²) in [5, 5.41) is 9.03. The predicted molar refractivity (Wildman–Crippen MR) is 116 cm³/mol. The van der Waals surface area contributed by atoms with Crippen LogP contribution < -0.4 is 16.4 Å². The molecule has 7 nitrogen and oxygen atoms in total. The summed E-state index contributed by atoms with van der Waals surface area (Å²) >= 11 is 0. The molecule has 2 N–H and O–H groups in total. The fourth-order valence-electron chi connectivity index (χ4n) is 4.14. The Balaban J connectivity index is 1.49. The normalized spacial score (nSPS) is 16.4. The summed E-state index contributed by atoms with van der Waals surface area (Å²) in [5.74, 6) is 0.403. The topological polar surface area (TPSA) is 92.7 Å². The molecule has 0 amide bonds. The van der Waals surface area contributed by atoms with Crippen molar-refractivity contribution < 1.29 is 0 Å². The molecule has 0 saturated carbocycles. The summed E-state index contributed by atoms with van der Waals surface area (Å²) in [6.07, 6.45) is 3.59. The van der Waals surface area contributed by atoms with E-state index in [4.69, 9.17) is 0 Å². The zero-order chi connectivity index (χ0) is 20.7. The lowest BCUT2D eigenvalue weighted by atomic mass is 10.1. The van der Waals surface area contributed by atoms with Crippen LogP contribution in [0.25, 0.3) is 10.8 Å². The monoisotopic (exact) mass is 399 g/mol. The molecule has 1 aliphatic rings. The Morgan fingerprint density at radius 3 is 2.83 bits per heavy atom. The van der Waals surface area contributed by atoms with Crippen LogP contribution >= 0.6 is 0 Å². The number of aromatic nitrogens is 4. The minimum Gasteiger partial charge on any atom is -0.349 e. The maximum Gasteiger partial charge on any atom is 0.275 e. The zero-order valence-electron chi connectivity index (χ0n) is 16.5. The maximum atomic E-state index is 12.9. The summed E-state index contributed by atoms with van der Waals surface area (Å²) < 4.78 is 1.37. The minimum atomic E-state index is -0.485. The van der Waals surface area contributed by atoms with Gasteiger partial charge in [-0.3, -0.25) is 14.6 Å². The van der Waals surface area contributed by atoms with Crippen molar-refractivity contribution in [3.63, 3.8) is 0 Å². The third-order valence-electron chi connectivity index (χ3n) is 5.72. The highest BCUT2D eigenvalue weighted by Gasteiger charge is 2.23. The Morgan fingerprint density at radius 2 is 1.93 bits per heavy atom. The average Bonchev–Trinajstić information content (AvgIpc) is 3.16. The summed E-state index contributed by atoms with van der Waals surface area (Å²) in [4.78, 5) is 32.6. The molecule has 0 fully saturated rings. The number of aryl methyl sites for hydroxylation is 1. The highest BCUT2D eigenvalue weighted by atomic mass is 16.1. The first-order chi connectivity index (χ1) is 14.6. The lowest BCUT2D eigenvalue weighted by Crippen LogP contribution is -2.28. The lowest BCUT2D eigenvalue weighted by molar-refractivity contribution is 0.524. The Bertz CT molecular complexity index is 1360. The van der Waals surface area contributed by atoms with Crippen LogP contribution in [-0.4, -0.2) is 19.7 Å². The van der Waals surface area contributed by atoms with Gasteiger partial charge in [0, 0.05) is 11.5 Å². The smallest absolute Gasteiger partial charge is 0.275 e. The van der Waals surface area contributed by atoms with Crippen LogP contribution in [0.5, 0.6) is 0 Å². The Labute approximate surface area is 172 Å². The molecular weight excluding hydrogens is 378 g/mol. The zero-order valence-corrected chi connectivity index (χ0v) is 16.5. The van der Waals surface area contributed by atoms with Crippen LogP contribution in [0.2, 0.25) is 0 Å². The molecule has 0 spiro atoms. The van der Waals surface area contributed by atoms with Crippen molar-refractivity contribution in [3.05, 3.63) is 98.3 Å². The van der Waals surface area contributed by atoms with E-state index in [0.717, 1.165) is 18.2 Å². The van der Waals surface area contributed by atoms with Gasteiger partial charge in [-0.15, -0.1) is 0 Å². The van der Waals surface area contributed by atoms with Gasteiger partial charge in [0.05, 0.1) is 29.4 Å². The van der Waals surface area contributed by atoms with E-state index in [2.05, 4.69) is 32.5 Å². The van der Waals surface area contributed by atoms with Crippen molar-refractivity contribution in [2.45, 2.75) is 31.8 Å². The molecule has 1 aliphatic carbocycles. The number of nitrogens with zero attached hydrogens (tertiary/aromatic N) is 3. The van der Waals surface area contributed by atoms with E-state index >= 15 is 0 Å². The summed E-state index contributed by atoms with van der Waals surface area (Å²) in [6.45, 7) is 1.82. The van der Waals surface area contributed by atoms with Crippen molar-refractivity contribution in [3.8, 4) is 0 Å². The molecule has 4 aromatic rings. The van der Waals surface area contributed by atoms with Crippen LogP contribution in [-0.2, 0) is 6.42 Å². The van der Waals surface area contributed by atoms with Crippen LogP contribution in [0.1, 0.15) is 42.2 Å². The highest BCUT2D eigenvalue weighted by Crippen LogP contribution is 2.32. The van der Waals surface area contributed by atoms with Gasteiger partial charge in [0.2, 0.25) is 5.95 Å². The number of fused-ring (bicyclic) bond motifs is 2. The first kappa shape index (κ1) is 18.3. The lowest BCUT2D eigenvalue weighted by Gasteiger charge is -2.17. The number of aromatic amines is 1. The number of anilines is 1. The molecule has 30 heavy (non-hydrogen) atoms. The molecule has 0 bridgehead atoms. The molecule has 7 heteroatoms. The van der Waals surface area contributed by atoms with Crippen molar-refractivity contribution in [2.24, 2.45) is 0 Å². The van der Waals surface area contributed by atoms with Crippen molar-refractivity contribution >= 4 is 16.7 Å². The molecular formula is C23H21N5O2. The van der Waals surface area contributed by atoms with Crippen molar-refractivity contribution in [2.75, 3.05) is 5.32 Å².